The average molecular weight is 388 g/mol. The SMILES string of the molecule is Cc1ccc(C(=O)NCC2(c3ccc(C(C)O)s3)CCCC2)cc1[N+](=O)[O-]. The lowest BCUT2D eigenvalue weighted by molar-refractivity contribution is -0.385. The molecule has 2 N–H and O–H groups in total. The third kappa shape index (κ3) is 4.04. The molecule has 0 radical (unpaired) electrons. The van der Waals surface area contributed by atoms with E-state index in [1.807, 2.05) is 6.07 Å². The maximum absolute atomic E-state index is 12.6. The fourth-order valence-electron chi connectivity index (χ4n) is 3.72. The predicted octanol–water partition coefficient (Wildman–Crippen LogP) is 4.26. The molecule has 7 heteroatoms. The zero-order valence-corrected chi connectivity index (χ0v) is 16.3. The number of aryl methyl sites for hydroxylation is 1. The van der Waals surface area contributed by atoms with E-state index in [0.717, 1.165) is 30.6 Å². The summed E-state index contributed by atoms with van der Waals surface area (Å²) in [4.78, 5) is 25.4. The third-order valence-electron chi connectivity index (χ3n) is 5.38. The van der Waals surface area contributed by atoms with Gasteiger partial charge in [0.05, 0.1) is 11.0 Å². The zero-order valence-electron chi connectivity index (χ0n) is 15.5. The number of rotatable bonds is 6. The smallest absolute Gasteiger partial charge is 0.273 e. The normalized spacial score (nSPS) is 16.9. The Labute approximate surface area is 162 Å². The van der Waals surface area contributed by atoms with E-state index in [1.165, 1.54) is 10.9 Å². The van der Waals surface area contributed by atoms with Crippen LogP contribution in [0.25, 0.3) is 0 Å². The molecule has 27 heavy (non-hydrogen) atoms. The first-order valence-electron chi connectivity index (χ1n) is 9.14. The van der Waals surface area contributed by atoms with Crippen molar-refractivity contribution < 1.29 is 14.8 Å². The lowest BCUT2D eigenvalue weighted by Gasteiger charge is -2.28. The molecule has 2 aromatic rings. The Morgan fingerprint density at radius 1 is 1.33 bits per heavy atom. The van der Waals surface area contributed by atoms with Crippen LogP contribution in [0.4, 0.5) is 5.69 Å². The molecule has 1 aromatic heterocycles. The minimum absolute atomic E-state index is 0.0435. The number of carbonyl (C=O) groups excluding carboxylic acids is 1. The van der Waals surface area contributed by atoms with Crippen molar-refractivity contribution in [2.24, 2.45) is 0 Å². The molecule has 1 aliphatic carbocycles. The fraction of sp³-hybridized carbons (Fsp3) is 0.450. The molecule has 0 bridgehead atoms. The van der Waals surface area contributed by atoms with Gasteiger partial charge in [-0.1, -0.05) is 18.9 Å². The maximum Gasteiger partial charge on any atom is 0.273 e. The van der Waals surface area contributed by atoms with Gasteiger partial charge in [0.25, 0.3) is 11.6 Å². The van der Waals surface area contributed by atoms with Crippen molar-refractivity contribution in [3.05, 3.63) is 61.3 Å². The van der Waals surface area contributed by atoms with Gasteiger partial charge in [-0.25, -0.2) is 0 Å². The number of nitrogens with one attached hydrogen (secondary N) is 1. The summed E-state index contributed by atoms with van der Waals surface area (Å²) in [5.74, 6) is -0.295. The molecule has 0 spiro atoms. The van der Waals surface area contributed by atoms with Crippen molar-refractivity contribution in [3.8, 4) is 0 Å². The highest BCUT2D eigenvalue weighted by molar-refractivity contribution is 7.12. The van der Waals surface area contributed by atoms with E-state index in [0.29, 0.717) is 17.7 Å². The minimum atomic E-state index is -0.495. The number of nitrogens with zero attached hydrogens (tertiary/aromatic N) is 1. The molecule has 1 unspecified atom stereocenters. The van der Waals surface area contributed by atoms with E-state index >= 15 is 0 Å². The van der Waals surface area contributed by atoms with Crippen molar-refractivity contribution in [2.45, 2.75) is 51.0 Å². The van der Waals surface area contributed by atoms with Crippen molar-refractivity contribution >= 4 is 22.9 Å². The van der Waals surface area contributed by atoms with Crippen LogP contribution in [0.2, 0.25) is 0 Å². The molecule has 1 heterocycles. The predicted molar refractivity (Wildman–Crippen MR) is 105 cm³/mol. The number of benzene rings is 1. The van der Waals surface area contributed by atoms with Crippen LogP contribution in [0.5, 0.6) is 0 Å². The summed E-state index contributed by atoms with van der Waals surface area (Å²) in [6.07, 6.45) is 3.69. The van der Waals surface area contributed by atoms with E-state index in [1.54, 1.807) is 37.3 Å². The van der Waals surface area contributed by atoms with Gasteiger partial charge in [-0.2, -0.15) is 0 Å². The molecule has 1 saturated carbocycles. The molecule has 1 aliphatic rings. The highest BCUT2D eigenvalue weighted by Gasteiger charge is 2.37. The zero-order chi connectivity index (χ0) is 19.6. The van der Waals surface area contributed by atoms with Crippen LogP contribution in [-0.4, -0.2) is 22.5 Å². The van der Waals surface area contributed by atoms with Gasteiger partial charge in [-0.3, -0.25) is 14.9 Å². The van der Waals surface area contributed by atoms with Gasteiger partial charge in [-0.05, 0) is 44.9 Å². The second kappa shape index (κ2) is 7.78. The summed E-state index contributed by atoms with van der Waals surface area (Å²) in [6.45, 7) is 3.90. The third-order valence-corrected chi connectivity index (χ3v) is 6.88. The average Bonchev–Trinajstić information content (AvgIpc) is 3.30. The highest BCUT2D eigenvalue weighted by atomic mass is 32.1. The van der Waals surface area contributed by atoms with Crippen LogP contribution >= 0.6 is 11.3 Å². The summed E-state index contributed by atoms with van der Waals surface area (Å²) in [6, 6.07) is 8.57. The van der Waals surface area contributed by atoms with Crippen LogP contribution < -0.4 is 5.32 Å². The number of carbonyl (C=O) groups is 1. The van der Waals surface area contributed by atoms with Crippen LogP contribution in [-0.2, 0) is 5.41 Å². The van der Waals surface area contributed by atoms with Crippen LogP contribution in [0.3, 0.4) is 0 Å². The number of amides is 1. The number of aliphatic hydroxyl groups is 1. The first-order valence-corrected chi connectivity index (χ1v) is 9.95. The summed E-state index contributed by atoms with van der Waals surface area (Å²) in [5, 5.41) is 23.9. The number of nitro groups is 1. The second-order valence-electron chi connectivity index (χ2n) is 7.31. The standard InChI is InChI=1S/C20H24N2O4S/c1-13-5-6-15(11-16(13)22(25)26)19(24)21-12-20(9-3-4-10-20)18-8-7-17(27-18)14(2)23/h5-8,11,14,23H,3-4,9-10,12H2,1-2H3,(H,21,24). The van der Waals surface area contributed by atoms with Gasteiger partial charge >= 0.3 is 0 Å². The van der Waals surface area contributed by atoms with Crippen LogP contribution in [0.15, 0.2) is 30.3 Å². The Hall–Kier alpha value is -2.25. The summed E-state index contributed by atoms with van der Waals surface area (Å²) in [7, 11) is 0. The molecule has 144 valence electrons. The van der Waals surface area contributed by atoms with Crippen molar-refractivity contribution in [2.75, 3.05) is 6.54 Å². The number of aliphatic hydroxyl groups excluding tert-OH is 1. The van der Waals surface area contributed by atoms with E-state index < -0.39 is 11.0 Å². The number of nitro benzene ring substituents is 1. The summed E-state index contributed by atoms with van der Waals surface area (Å²) >= 11 is 1.60. The van der Waals surface area contributed by atoms with Crippen molar-refractivity contribution in [1.29, 1.82) is 0 Å². The Kier molecular flexibility index (Phi) is 5.62. The molecule has 6 nitrogen and oxygen atoms in total. The molecule has 1 amide bonds. The monoisotopic (exact) mass is 388 g/mol. The quantitative estimate of drug-likeness (QED) is 0.571. The summed E-state index contributed by atoms with van der Waals surface area (Å²) in [5.41, 5.74) is 0.673. The molecule has 1 aromatic carbocycles. The molecule has 1 fully saturated rings. The van der Waals surface area contributed by atoms with E-state index in [4.69, 9.17) is 0 Å². The number of hydrogen-bond donors (Lipinski definition) is 2. The van der Waals surface area contributed by atoms with E-state index in [-0.39, 0.29) is 17.0 Å². The van der Waals surface area contributed by atoms with Gasteiger partial charge in [0.2, 0.25) is 0 Å². The van der Waals surface area contributed by atoms with Gasteiger partial charge in [0.1, 0.15) is 0 Å². The molecule has 1 atom stereocenters. The maximum atomic E-state index is 12.6. The molecular weight excluding hydrogens is 364 g/mol. The number of thiophene rings is 1. The first-order chi connectivity index (χ1) is 12.8. The lowest BCUT2D eigenvalue weighted by Crippen LogP contribution is -2.38. The Bertz CT molecular complexity index is 853. The number of hydrogen-bond acceptors (Lipinski definition) is 5. The molecular formula is C20H24N2O4S. The Balaban J connectivity index is 1.77. The highest BCUT2D eigenvalue weighted by Crippen LogP contribution is 2.44. The van der Waals surface area contributed by atoms with Crippen LogP contribution in [0, 0.1) is 17.0 Å². The Morgan fingerprint density at radius 3 is 2.63 bits per heavy atom. The minimum Gasteiger partial charge on any atom is -0.388 e. The van der Waals surface area contributed by atoms with E-state index in [9.17, 15) is 20.0 Å². The first kappa shape index (κ1) is 19.5. The second-order valence-corrected chi connectivity index (χ2v) is 8.42. The molecule has 0 aliphatic heterocycles. The topological polar surface area (TPSA) is 92.5 Å². The van der Waals surface area contributed by atoms with Gasteiger partial charge in [-0.15, -0.1) is 11.3 Å². The van der Waals surface area contributed by atoms with Crippen molar-refractivity contribution in [1.82, 2.24) is 5.32 Å². The summed E-state index contributed by atoms with van der Waals surface area (Å²) < 4.78 is 0. The van der Waals surface area contributed by atoms with Gasteiger partial charge in [0.15, 0.2) is 0 Å². The van der Waals surface area contributed by atoms with Crippen LogP contribution in [0.1, 0.15) is 64.4 Å². The largest absolute Gasteiger partial charge is 0.388 e. The van der Waals surface area contributed by atoms with Gasteiger partial charge in [0, 0.05) is 38.9 Å². The van der Waals surface area contributed by atoms with Crippen molar-refractivity contribution in [3.63, 3.8) is 0 Å². The lowest BCUT2D eigenvalue weighted by atomic mass is 9.84. The van der Waals surface area contributed by atoms with Gasteiger partial charge < -0.3 is 10.4 Å². The van der Waals surface area contributed by atoms with E-state index in [2.05, 4.69) is 11.4 Å². The Morgan fingerprint density at radius 2 is 2.04 bits per heavy atom. The molecule has 0 saturated heterocycles. The molecule has 3 rings (SSSR count). The fourth-order valence-corrected chi connectivity index (χ4v) is 4.91.